The number of halogens is 3. The summed E-state index contributed by atoms with van der Waals surface area (Å²) < 4.78 is 68.0. The first-order valence-corrected chi connectivity index (χ1v) is 9.72. The van der Waals surface area contributed by atoms with Crippen molar-refractivity contribution in [3.8, 4) is 5.75 Å². The van der Waals surface area contributed by atoms with Gasteiger partial charge in [0.2, 0.25) is 0 Å². The number of nitrogens with zero attached hydrogens (tertiary/aromatic N) is 1. The van der Waals surface area contributed by atoms with Gasteiger partial charge in [0.05, 0.1) is 7.11 Å². The molecule has 154 valence electrons. The van der Waals surface area contributed by atoms with Crippen LogP contribution in [0.5, 0.6) is 5.75 Å². The average Bonchev–Trinajstić information content (AvgIpc) is 2.53. The molecule has 0 bridgehead atoms. The van der Waals surface area contributed by atoms with Crippen molar-refractivity contribution in [2.45, 2.75) is 20.0 Å². The van der Waals surface area contributed by atoms with Crippen LogP contribution in [0.3, 0.4) is 0 Å². The third-order valence-corrected chi connectivity index (χ3v) is 5.12. The summed E-state index contributed by atoms with van der Waals surface area (Å²) >= 11 is 0. The molecule has 1 heterocycles. The molecule has 0 aliphatic heterocycles. The molecule has 0 saturated heterocycles. The van der Waals surface area contributed by atoms with Crippen LogP contribution in [-0.4, -0.2) is 28.2 Å². The van der Waals surface area contributed by atoms with Crippen LogP contribution < -0.4 is 20.3 Å². The zero-order valence-electron chi connectivity index (χ0n) is 15.7. The molecule has 0 amide bonds. The Hall–Kier alpha value is -2.53. The summed E-state index contributed by atoms with van der Waals surface area (Å²) in [5, 5.41) is 2.94. The predicted octanol–water partition coefficient (Wildman–Crippen LogP) is 3.62. The highest BCUT2D eigenvalue weighted by molar-refractivity contribution is 7.99. The second-order valence-electron chi connectivity index (χ2n) is 6.28. The summed E-state index contributed by atoms with van der Waals surface area (Å²) in [6, 6.07) is 6.41. The van der Waals surface area contributed by atoms with Gasteiger partial charge >= 0.3 is 16.6 Å². The predicted molar refractivity (Wildman–Crippen MR) is 103 cm³/mol. The van der Waals surface area contributed by atoms with Crippen molar-refractivity contribution in [1.29, 1.82) is 0 Å². The lowest BCUT2D eigenvalue weighted by molar-refractivity contribution is -0.107. The molecule has 1 aromatic heterocycles. The Morgan fingerprint density at radius 1 is 1.25 bits per heavy atom. The number of hydrogen-bond acceptors (Lipinski definition) is 4. The van der Waals surface area contributed by atoms with Crippen LogP contribution in [0, 0.1) is 13.8 Å². The molecule has 0 aliphatic rings. The second-order valence-corrected chi connectivity index (χ2v) is 8.05. The largest absolute Gasteiger partial charge is 0.494 e. The van der Waals surface area contributed by atoms with E-state index in [1.165, 1.54) is 14.2 Å². The highest BCUT2D eigenvalue weighted by atomic mass is 32.3. The monoisotopic (exact) mass is 420 g/mol. The summed E-state index contributed by atoms with van der Waals surface area (Å²) in [7, 11) is -1.97. The van der Waals surface area contributed by atoms with Crippen molar-refractivity contribution in [1.82, 2.24) is 4.57 Å². The fraction of sp³-hybridized carbons (Fsp3) is 0.353. The van der Waals surface area contributed by atoms with E-state index in [1.54, 1.807) is 19.1 Å². The standard InChI is InChI=1S/C17H20F3N3O4S/c1-10-5-6-12(11(2)7-10)21-16-15(13(27-4)8-14(24)23(16)3)22-28(25,26)9-17(18,19)20/h5-8H,9H2,1-4H3,(H2-,21,22,24,25,26)/p+1. The topological polar surface area (TPSA) is 92.6 Å². The highest BCUT2D eigenvalue weighted by Gasteiger charge is 2.45. The van der Waals surface area contributed by atoms with Gasteiger partial charge in [-0.1, -0.05) is 17.7 Å². The Labute approximate surface area is 160 Å². The average molecular weight is 420 g/mol. The van der Waals surface area contributed by atoms with Crippen LogP contribution in [0.25, 0.3) is 0 Å². The molecule has 0 saturated carbocycles. The fourth-order valence-electron chi connectivity index (χ4n) is 2.58. The number of aromatic nitrogens is 1. The van der Waals surface area contributed by atoms with E-state index < -0.39 is 27.9 Å². The molecule has 1 unspecified atom stereocenters. The number of ether oxygens (including phenoxy) is 1. The smallest absolute Gasteiger partial charge is 0.438 e. The molecular weight excluding hydrogens is 399 g/mol. The maximum Gasteiger partial charge on any atom is 0.438 e. The number of rotatable bonds is 6. The van der Waals surface area contributed by atoms with E-state index in [1.807, 2.05) is 17.7 Å². The third kappa shape index (κ3) is 5.26. The number of aryl methyl sites for hydroxylation is 2. The van der Waals surface area contributed by atoms with E-state index in [0.717, 1.165) is 21.8 Å². The van der Waals surface area contributed by atoms with Crippen LogP contribution in [0.1, 0.15) is 11.1 Å². The van der Waals surface area contributed by atoms with Crippen molar-refractivity contribution in [3.63, 3.8) is 0 Å². The minimum absolute atomic E-state index is 0.0137. The molecule has 2 rings (SSSR count). The third-order valence-electron chi connectivity index (χ3n) is 3.88. The molecule has 0 fully saturated rings. The van der Waals surface area contributed by atoms with E-state index in [0.29, 0.717) is 5.69 Å². The minimum Gasteiger partial charge on any atom is -0.494 e. The Balaban J connectivity index is 2.59. The molecule has 2 aromatic rings. The molecule has 0 spiro atoms. The quantitative estimate of drug-likeness (QED) is 0.621. The number of nitrogens with one attached hydrogen (secondary N) is 2. The lowest BCUT2D eigenvalue weighted by atomic mass is 10.1. The summed E-state index contributed by atoms with van der Waals surface area (Å²) in [4.78, 5) is 12.2. The van der Waals surface area contributed by atoms with Gasteiger partial charge in [-0.2, -0.15) is 22.4 Å². The van der Waals surface area contributed by atoms with Crippen molar-refractivity contribution in [2.75, 3.05) is 22.9 Å². The van der Waals surface area contributed by atoms with E-state index in [2.05, 4.69) is 5.32 Å². The van der Waals surface area contributed by atoms with Crippen molar-refractivity contribution < 1.29 is 26.7 Å². The zero-order valence-corrected chi connectivity index (χ0v) is 16.5. The Kier molecular flexibility index (Phi) is 6.09. The molecule has 0 radical (unpaired) electrons. The fourth-order valence-corrected chi connectivity index (χ4v) is 3.61. The lowest BCUT2D eigenvalue weighted by Crippen LogP contribution is -2.34. The van der Waals surface area contributed by atoms with Crippen LogP contribution in [-0.2, 0) is 21.7 Å². The first-order valence-electron chi connectivity index (χ1n) is 8.04. The van der Waals surface area contributed by atoms with Gasteiger partial charge < -0.3 is 10.1 Å². The van der Waals surface area contributed by atoms with Gasteiger partial charge in [-0.05, 0) is 29.7 Å². The Morgan fingerprint density at radius 2 is 1.89 bits per heavy atom. The second kappa shape index (κ2) is 7.84. The van der Waals surface area contributed by atoms with Crippen LogP contribution >= 0.6 is 0 Å². The van der Waals surface area contributed by atoms with Crippen molar-refractivity contribution in [3.05, 3.63) is 45.7 Å². The molecule has 11 heteroatoms. The first-order chi connectivity index (χ1) is 12.8. The van der Waals surface area contributed by atoms with E-state index in [-0.39, 0.29) is 17.3 Å². The van der Waals surface area contributed by atoms with Crippen LogP contribution in [0.2, 0.25) is 0 Å². The lowest BCUT2D eigenvalue weighted by Gasteiger charge is -2.20. The van der Waals surface area contributed by atoms with E-state index in [4.69, 9.17) is 4.74 Å². The van der Waals surface area contributed by atoms with Gasteiger partial charge in [-0.3, -0.25) is 9.36 Å². The summed E-state index contributed by atoms with van der Waals surface area (Å²) in [5.74, 6) is -2.14. The number of benzene rings is 1. The maximum atomic E-state index is 12.6. The van der Waals surface area contributed by atoms with Gasteiger partial charge in [0.1, 0.15) is 5.82 Å². The number of hydrogen-bond donors (Lipinski definition) is 3. The molecule has 7 nitrogen and oxygen atoms in total. The van der Waals surface area contributed by atoms with Gasteiger partial charge in [0.15, 0.2) is 11.4 Å². The van der Waals surface area contributed by atoms with Gasteiger partial charge in [-0.25, -0.2) is 0 Å². The van der Waals surface area contributed by atoms with E-state index >= 15 is 0 Å². The van der Waals surface area contributed by atoms with Crippen LogP contribution in [0.4, 0.5) is 30.4 Å². The molecular formula is C17H21F3N3O4S+. The Morgan fingerprint density at radius 3 is 2.43 bits per heavy atom. The first kappa shape index (κ1) is 21.8. The molecule has 0 aliphatic carbocycles. The highest BCUT2D eigenvalue weighted by Crippen LogP contribution is 2.36. The van der Waals surface area contributed by atoms with Crippen LogP contribution in [0.15, 0.2) is 29.1 Å². The number of pyridine rings is 1. The summed E-state index contributed by atoms with van der Waals surface area (Å²) in [6.45, 7) is 3.70. The van der Waals surface area contributed by atoms with Gasteiger partial charge in [0.25, 0.3) is 11.3 Å². The number of alkyl halides is 3. The summed E-state index contributed by atoms with van der Waals surface area (Å²) in [5.41, 5.74) is 1.61. The van der Waals surface area contributed by atoms with Crippen molar-refractivity contribution >= 4 is 27.6 Å². The Bertz CT molecular complexity index is 989. The van der Waals surface area contributed by atoms with Crippen molar-refractivity contribution in [2.24, 2.45) is 7.05 Å². The molecule has 28 heavy (non-hydrogen) atoms. The van der Waals surface area contributed by atoms with Gasteiger partial charge in [0, 0.05) is 18.8 Å². The SMILES string of the molecule is COc1cc(=O)n(C)c(Nc2ccc(C)cc2C)c1N[S+](=O)(O)CC(F)(F)F. The molecule has 3 N–H and O–H groups in total. The minimum atomic E-state index is -4.87. The maximum absolute atomic E-state index is 12.6. The van der Waals surface area contributed by atoms with E-state index in [9.17, 15) is 26.7 Å². The van der Waals surface area contributed by atoms with Gasteiger partial charge in [-0.15, -0.1) is 0 Å². The zero-order chi connectivity index (χ0) is 21.3. The molecule has 1 aromatic carbocycles. The molecule has 1 atom stereocenters. The normalized spacial score (nSPS) is 13.7. The number of methoxy groups -OCH3 is 1. The summed E-state index contributed by atoms with van der Waals surface area (Å²) in [6.07, 6.45) is -4.87. The number of anilines is 3.